The normalized spacial score (nSPS) is 13.9. The van der Waals surface area contributed by atoms with Gasteiger partial charge < -0.3 is 20.5 Å². The number of alkyl carbamates (subject to hydrolysis) is 1. The van der Waals surface area contributed by atoms with E-state index in [-0.39, 0.29) is 6.61 Å². The molecule has 0 bridgehead atoms. The summed E-state index contributed by atoms with van der Waals surface area (Å²) in [4.78, 5) is 23.9. The lowest BCUT2D eigenvalue weighted by atomic mass is 10.00. The van der Waals surface area contributed by atoms with E-state index < -0.39 is 29.7 Å². The third-order valence-electron chi connectivity index (χ3n) is 2.75. The summed E-state index contributed by atoms with van der Waals surface area (Å²) in [7, 11) is 0. The molecule has 0 aliphatic heterocycles. The molecule has 0 heterocycles. The van der Waals surface area contributed by atoms with Crippen molar-refractivity contribution in [2.24, 2.45) is 5.73 Å². The maximum absolute atomic E-state index is 12.0. The molecular formula is C16H24N2O4. The van der Waals surface area contributed by atoms with Gasteiger partial charge >= 0.3 is 12.1 Å². The fourth-order valence-corrected chi connectivity index (χ4v) is 1.85. The number of carbonyl (C=O) groups excluding carboxylic acids is 2. The van der Waals surface area contributed by atoms with E-state index in [1.807, 2.05) is 6.07 Å². The maximum atomic E-state index is 12.0. The van der Waals surface area contributed by atoms with Gasteiger partial charge in [-0.15, -0.1) is 0 Å². The molecule has 0 spiro atoms. The highest BCUT2D eigenvalue weighted by Gasteiger charge is 2.30. The van der Waals surface area contributed by atoms with Gasteiger partial charge in [-0.2, -0.15) is 0 Å². The first-order valence-electron chi connectivity index (χ1n) is 7.21. The summed E-state index contributed by atoms with van der Waals surface area (Å²) in [6.45, 7) is 7.20. The van der Waals surface area contributed by atoms with E-state index in [9.17, 15) is 9.59 Å². The molecular weight excluding hydrogens is 284 g/mol. The highest BCUT2D eigenvalue weighted by Crippen LogP contribution is 2.18. The number of carbonyl (C=O) groups is 2. The van der Waals surface area contributed by atoms with Crippen molar-refractivity contribution in [3.8, 4) is 0 Å². The van der Waals surface area contributed by atoms with Crippen LogP contribution in [0.4, 0.5) is 4.79 Å². The summed E-state index contributed by atoms with van der Waals surface area (Å²) in [5.41, 5.74) is 6.01. The van der Waals surface area contributed by atoms with Crippen LogP contribution in [-0.4, -0.2) is 30.3 Å². The van der Waals surface area contributed by atoms with Crippen molar-refractivity contribution >= 4 is 12.1 Å². The monoisotopic (exact) mass is 308 g/mol. The number of nitrogens with one attached hydrogen (secondary N) is 1. The minimum atomic E-state index is -1.02. The molecule has 2 atom stereocenters. The number of esters is 1. The van der Waals surface area contributed by atoms with Crippen LogP contribution in [0.2, 0.25) is 0 Å². The van der Waals surface area contributed by atoms with Crippen molar-refractivity contribution < 1.29 is 19.1 Å². The average Bonchev–Trinajstić information content (AvgIpc) is 2.43. The number of amides is 1. The van der Waals surface area contributed by atoms with Gasteiger partial charge in [0.25, 0.3) is 0 Å². The first kappa shape index (κ1) is 18.0. The zero-order chi connectivity index (χ0) is 16.8. The van der Waals surface area contributed by atoms with E-state index in [2.05, 4.69) is 5.32 Å². The molecule has 6 nitrogen and oxygen atoms in total. The van der Waals surface area contributed by atoms with Crippen molar-refractivity contribution in [2.45, 2.75) is 45.4 Å². The topological polar surface area (TPSA) is 90.6 Å². The van der Waals surface area contributed by atoms with E-state index in [1.165, 1.54) is 0 Å². The molecule has 3 N–H and O–H groups in total. The molecule has 1 rings (SSSR count). The van der Waals surface area contributed by atoms with Crippen molar-refractivity contribution in [1.29, 1.82) is 0 Å². The predicted molar refractivity (Wildman–Crippen MR) is 83.2 cm³/mol. The Balaban J connectivity index is 2.93. The van der Waals surface area contributed by atoms with Crippen LogP contribution in [0.25, 0.3) is 0 Å². The lowest BCUT2D eigenvalue weighted by molar-refractivity contribution is -0.145. The van der Waals surface area contributed by atoms with Crippen LogP contribution in [0.3, 0.4) is 0 Å². The molecule has 0 saturated carbocycles. The second kappa shape index (κ2) is 7.79. The van der Waals surface area contributed by atoms with Crippen LogP contribution in [0, 0.1) is 0 Å². The number of rotatable bonds is 5. The smallest absolute Gasteiger partial charge is 0.408 e. The van der Waals surface area contributed by atoms with Crippen LogP contribution in [0.1, 0.15) is 39.3 Å². The zero-order valence-electron chi connectivity index (χ0n) is 13.5. The Kier molecular flexibility index (Phi) is 6.37. The second-order valence-electron chi connectivity index (χ2n) is 5.81. The van der Waals surface area contributed by atoms with Crippen LogP contribution in [0.5, 0.6) is 0 Å². The molecule has 0 aromatic heterocycles. The van der Waals surface area contributed by atoms with Gasteiger partial charge in [0.2, 0.25) is 0 Å². The number of hydrogen-bond donors (Lipinski definition) is 2. The van der Waals surface area contributed by atoms with Crippen molar-refractivity contribution in [2.75, 3.05) is 6.61 Å². The third kappa shape index (κ3) is 5.73. The average molecular weight is 308 g/mol. The molecule has 0 saturated heterocycles. The van der Waals surface area contributed by atoms with Gasteiger partial charge in [-0.05, 0) is 33.3 Å². The summed E-state index contributed by atoms with van der Waals surface area (Å²) in [6.07, 6.45) is -0.638. The Labute approximate surface area is 131 Å². The molecule has 22 heavy (non-hydrogen) atoms. The summed E-state index contributed by atoms with van der Waals surface area (Å²) in [5.74, 6) is -0.576. The van der Waals surface area contributed by atoms with E-state index in [0.29, 0.717) is 5.56 Å². The molecule has 0 aliphatic carbocycles. The largest absolute Gasteiger partial charge is 0.465 e. The van der Waals surface area contributed by atoms with Gasteiger partial charge in [0.05, 0.1) is 12.6 Å². The van der Waals surface area contributed by atoms with Gasteiger partial charge in [0.15, 0.2) is 0 Å². The Morgan fingerprint density at radius 2 is 1.82 bits per heavy atom. The Hall–Kier alpha value is -2.08. The summed E-state index contributed by atoms with van der Waals surface area (Å²) >= 11 is 0. The zero-order valence-corrected chi connectivity index (χ0v) is 13.5. The van der Waals surface area contributed by atoms with Gasteiger partial charge in [0.1, 0.15) is 11.6 Å². The minimum absolute atomic E-state index is 0.223. The summed E-state index contributed by atoms with van der Waals surface area (Å²) in [6, 6.07) is 7.25. The van der Waals surface area contributed by atoms with Crippen molar-refractivity contribution in [1.82, 2.24) is 5.32 Å². The summed E-state index contributed by atoms with van der Waals surface area (Å²) in [5, 5.41) is 2.64. The molecule has 0 fully saturated rings. The standard InChI is InChI=1S/C16H24N2O4/c1-5-21-14(19)12(17)13(11-9-7-6-8-10-11)18-15(20)22-16(2,3)4/h6-10,12-13H,5,17H2,1-4H3,(H,18,20)/t12-,13-/m0/s1. The Morgan fingerprint density at radius 3 is 2.32 bits per heavy atom. The Morgan fingerprint density at radius 1 is 1.23 bits per heavy atom. The number of ether oxygens (including phenoxy) is 2. The molecule has 122 valence electrons. The lowest BCUT2D eigenvalue weighted by Gasteiger charge is -2.26. The molecule has 1 aromatic rings. The van der Waals surface area contributed by atoms with E-state index >= 15 is 0 Å². The van der Waals surface area contributed by atoms with Gasteiger partial charge in [0, 0.05) is 0 Å². The third-order valence-corrected chi connectivity index (χ3v) is 2.75. The van der Waals surface area contributed by atoms with Crippen molar-refractivity contribution in [3.63, 3.8) is 0 Å². The number of nitrogens with two attached hydrogens (primary N) is 1. The fraction of sp³-hybridized carbons (Fsp3) is 0.500. The van der Waals surface area contributed by atoms with Gasteiger partial charge in [-0.3, -0.25) is 4.79 Å². The minimum Gasteiger partial charge on any atom is -0.465 e. The quantitative estimate of drug-likeness (QED) is 0.813. The number of hydrogen-bond acceptors (Lipinski definition) is 5. The molecule has 1 aromatic carbocycles. The van der Waals surface area contributed by atoms with Crippen LogP contribution in [0.15, 0.2) is 30.3 Å². The maximum Gasteiger partial charge on any atom is 0.408 e. The first-order chi connectivity index (χ1) is 10.2. The van der Waals surface area contributed by atoms with Crippen LogP contribution >= 0.6 is 0 Å². The summed E-state index contributed by atoms with van der Waals surface area (Å²) < 4.78 is 10.2. The van der Waals surface area contributed by atoms with Crippen LogP contribution < -0.4 is 11.1 Å². The fourth-order valence-electron chi connectivity index (χ4n) is 1.85. The highest BCUT2D eigenvalue weighted by atomic mass is 16.6. The molecule has 1 amide bonds. The SMILES string of the molecule is CCOC(=O)[C@@H](N)[C@@H](NC(=O)OC(C)(C)C)c1ccccc1. The molecule has 0 aliphatic rings. The first-order valence-corrected chi connectivity index (χ1v) is 7.21. The molecule has 6 heteroatoms. The number of benzene rings is 1. The predicted octanol–water partition coefficient (Wildman–Crippen LogP) is 2.14. The molecule has 0 radical (unpaired) electrons. The highest BCUT2D eigenvalue weighted by molar-refractivity contribution is 5.78. The van der Waals surface area contributed by atoms with Gasteiger partial charge in [-0.1, -0.05) is 30.3 Å². The van der Waals surface area contributed by atoms with Crippen LogP contribution in [-0.2, 0) is 14.3 Å². The van der Waals surface area contributed by atoms with E-state index in [1.54, 1.807) is 52.0 Å². The van der Waals surface area contributed by atoms with E-state index in [4.69, 9.17) is 15.2 Å². The molecule has 0 unspecified atom stereocenters. The van der Waals surface area contributed by atoms with Gasteiger partial charge in [-0.25, -0.2) is 4.79 Å². The van der Waals surface area contributed by atoms with E-state index in [0.717, 1.165) is 0 Å². The lowest BCUT2D eigenvalue weighted by Crippen LogP contribution is -2.47. The van der Waals surface area contributed by atoms with Crippen molar-refractivity contribution in [3.05, 3.63) is 35.9 Å². The second-order valence-corrected chi connectivity index (χ2v) is 5.81. The Bertz CT molecular complexity index is 497.